The van der Waals surface area contributed by atoms with Gasteiger partial charge in [-0.15, -0.1) is 0 Å². The SMILES string of the molecule is CC=C(C)c1ccccc1Cl. The molecule has 0 nitrogen and oxygen atoms in total. The normalized spacial score (nSPS) is 11.7. The third-order valence-electron chi connectivity index (χ3n) is 1.73. The second-order valence-corrected chi connectivity index (χ2v) is 2.86. The maximum Gasteiger partial charge on any atom is 0.0480 e. The van der Waals surface area contributed by atoms with Crippen LogP contribution in [0.1, 0.15) is 19.4 Å². The van der Waals surface area contributed by atoms with Crippen LogP contribution in [-0.2, 0) is 0 Å². The highest BCUT2D eigenvalue weighted by atomic mass is 35.5. The first kappa shape index (κ1) is 8.35. The maximum absolute atomic E-state index is 5.96. The van der Waals surface area contributed by atoms with Gasteiger partial charge >= 0.3 is 0 Å². The molecule has 0 aliphatic heterocycles. The fraction of sp³-hybridized carbons (Fsp3) is 0.200. The minimum Gasteiger partial charge on any atom is -0.0841 e. The summed E-state index contributed by atoms with van der Waals surface area (Å²) in [6, 6.07) is 7.87. The quantitative estimate of drug-likeness (QED) is 0.596. The van der Waals surface area contributed by atoms with Crippen LogP contribution in [0.3, 0.4) is 0 Å². The van der Waals surface area contributed by atoms with E-state index in [1.807, 2.05) is 31.2 Å². The maximum atomic E-state index is 5.96. The molecule has 0 atom stereocenters. The van der Waals surface area contributed by atoms with Crippen molar-refractivity contribution in [1.82, 2.24) is 0 Å². The summed E-state index contributed by atoms with van der Waals surface area (Å²) >= 11 is 5.96. The summed E-state index contributed by atoms with van der Waals surface area (Å²) in [5, 5.41) is 0.822. The van der Waals surface area contributed by atoms with E-state index < -0.39 is 0 Å². The molecule has 0 fully saturated rings. The Morgan fingerprint density at radius 1 is 1.36 bits per heavy atom. The van der Waals surface area contributed by atoms with Crippen molar-refractivity contribution in [2.45, 2.75) is 13.8 Å². The summed E-state index contributed by atoms with van der Waals surface area (Å²) in [4.78, 5) is 0. The van der Waals surface area contributed by atoms with Crippen molar-refractivity contribution in [2.24, 2.45) is 0 Å². The average molecular weight is 167 g/mol. The van der Waals surface area contributed by atoms with Gasteiger partial charge in [-0.2, -0.15) is 0 Å². The first-order chi connectivity index (χ1) is 5.25. The molecule has 0 saturated carbocycles. The highest BCUT2D eigenvalue weighted by molar-refractivity contribution is 6.32. The number of benzene rings is 1. The zero-order valence-electron chi connectivity index (χ0n) is 6.76. The largest absolute Gasteiger partial charge is 0.0841 e. The summed E-state index contributed by atoms with van der Waals surface area (Å²) < 4.78 is 0. The van der Waals surface area contributed by atoms with E-state index in [1.54, 1.807) is 0 Å². The number of hydrogen-bond donors (Lipinski definition) is 0. The highest BCUT2D eigenvalue weighted by Crippen LogP contribution is 2.22. The lowest BCUT2D eigenvalue weighted by molar-refractivity contribution is 1.54. The number of rotatable bonds is 1. The van der Waals surface area contributed by atoms with E-state index in [9.17, 15) is 0 Å². The average Bonchev–Trinajstić information content (AvgIpc) is 2.04. The van der Waals surface area contributed by atoms with Crippen LogP contribution < -0.4 is 0 Å². The van der Waals surface area contributed by atoms with Gasteiger partial charge in [0.15, 0.2) is 0 Å². The van der Waals surface area contributed by atoms with Gasteiger partial charge in [0.05, 0.1) is 0 Å². The third kappa shape index (κ3) is 1.84. The molecule has 0 aliphatic carbocycles. The fourth-order valence-electron chi connectivity index (χ4n) is 0.937. The molecule has 0 amide bonds. The van der Waals surface area contributed by atoms with Crippen LogP contribution in [0.15, 0.2) is 30.3 Å². The van der Waals surface area contributed by atoms with Crippen molar-refractivity contribution >= 4 is 17.2 Å². The molecule has 0 aromatic heterocycles. The van der Waals surface area contributed by atoms with Gasteiger partial charge in [-0.05, 0) is 31.1 Å². The summed E-state index contributed by atoms with van der Waals surface area (Å²) in [7, 11) is 0. The Morgan fingerprint density at radius 2 is 2.00 bits per heavy atom. The van der Waals surface area contributed by atoms with Crippen molar-refractivity contribution in [2.75, 3.05) is 0 Å². The van der Waals surface area contributed by atoms with Crippen LogP contribution in [0.25, 0.3) is 5.57 Å². The summed E-state index contributed by atoms with van der Waals surface area (Å²) in [6.07, 6.45) is 2.06. The molecule has 0 saturated heterocycles. The molecule has 0 N–H and O–H groups in total. The molecule has 0 aliphatic rings. The number of hydrogen-bond acceptors (Lipinski definition) is 0. The van der Waals surface area contributed by atoms with Crippen molar-refractivity contribution in [3.8, 4) is 0 Å². The molecule has 0 spiro atoms. The molecule has 0 heterocycles. The zero-order chi connectivity index (χ0) is 8.27. The van der Waals surface area contributed by atoms with Gasteiger partial charge in [0.2, 0.25) is 0 Å². The van der Waals surface area contributed by atoms with Crippen LogP contribution in [0.5, 0.6) is 0 Å². The van der Waals surface area contributed by atoms with Crippen LogP contribution >= 0.6 is 11.6 Å². The van der Waals surface area contributed by atoms with Gasteiger partial charge in [-0.1, -0.05) is 35.9 Å². The standard InChI is InChI=1S/C10H11Cl/c1-3-8(2)9-6-4-5-7-10(9)11/h3-7H,1-2H3. The van der Waals surface area contributed by atoms with E-state index in [-0.39, 0.29) is 0 Å². The monoisotopic (exact) mass is 166 g/mol. The lowest BCUT2D eigenvalue weighted by Crippen LogP contribution is -1.79. The van der Waals surface area contributed by atoms with E-state index in [0.29, 0.717) is 0 Å². The molecular formula is C10H11Cl. The second kappa shape index (κ2) is 3.59. The van der Waals surface area contributed by atoms with E-state index in [4.69, 9.17) is 11.6 Å². The minimum atomic E-state index is 0.822. The zero-order valence-corrected chi connectivity index (χ0v) is 7.52. The Kier molecular flexibility index (Phi) is 2.72. The second-order valence-electron chi connectivity index (χ2n) is 2.45. The molecule has 0 unspecified atom stereocenters. The molecular weight excluding hydrogens is 156 g/mol. The summed E-state index contributed by atoms with van der Waals surface area (Å²) in [5.74, 6) is 0. The highest BCUT2D eigenvalue weighted by Gasteiger charge is 1.97. The van der Waals surface area contributed by atoms with Crippen molar-refractivity contribution in [3.63, 3.8) is 0 Å². The predicted octanol–water partition coefficient (Wildman–Crippen LogP) is 3.76. The Bertz CT molecular complexity index is 274. The molecule has 1 heteroatoms. The molecule has 58 valence electrons. The van der Waals surface area contributed by atoms with Gasteiger partial charge < -0.3 is 0 Å². The van der Waals surface area contributed by atoms with Crippen LogP contribution in [0.4, 0.5) is 0 Å². The Hall–Kier alpha value is -0.750. The number of allylic oxidation sites excluding steroid dienone is 2. The van der Waals surface area contributed by atoms with E-state index in [1.165, 1.54) is 5.57 Å². The van der Waals surface area contributed by atoms with Crippen LogP contribution in [0.2, 0.25) is 5.02 Å². The molecule has 0 radical (unpaired) electrons. The van der Waals surface area contributed by atoms with Crippen molar-refractivity contribution in [3.05, 3.63) is 40.9 Å². The lowest BCUT2D eigenvalue weighted by Gasteiger charge is -2.01. The summed E-state index contributed by atoms with van der Waals surface area (Å²) in [5.41, 5.74) is 2.34. The third-order valence-corrected chi connectivity index (χ3v) is 2.06. The smallest absolute Gasteiger partial charge is 0.0480 e. The van der Waals surface area contributed by atoms with Gasteiger partial charge in [0.25, 0.3) is 0 Å². The first-order valence-corrected chi connectivity index (χ1v) is 4.01. The Balaban J connectivity index is 3.14. The van der Waals surface area contributed by atoms with Gasteiger partial charge in [-0.3, -0.25) is 0 Å². The van der Waals surface area contributed by atoms with E-state index in [2.05, 4.69) is 13.0 Å². The topological polar surface area (TPSA) is 0 Å². The molecule has 1 rings (SSSR count). The van der Waals surface area contributed by atoms with Crippen molar-refractivity contribution < 1.29 is 0 Å². The number of halogens is 1. The van der Waals surface area contributed by atoms with Crippen LogP contribution in [0, 0.1) is 0 Å². The minimum absolute atomic E-state index is 0.822. The van der Waals surface area contributed by atoms with Crippen molar-refractivity contribution in [1.29, 1.82) is 0 Å². The van der Waals surface area contributed by atoms with Gasteiger partial charge in [0, 0.05) is 5.02 Å². The molecule has 1 aromatic carbocycles. The fourth-order valence-corrected chi connectivity index (χ4v) is 1.22. The van der Waals surface area contributed by atoms with Gasteiger partial charge in [0.1, 0.15) is 0 Å². The first-order valence-electron chi connectivity index (χ1n) is 3.63. The molecule has 11 heavy (non-hydrogen) atoms. The lowest BCUT2D eigenvalue weighted by atomic mass is 10.1. The van der Waals surface area contributed by atoms with Gasteiger partial charge in [-0.25, -0.2) is 0 Å². The Labute approximate surface area is 72.5 Å². The predicted molar refractivity (Wildman–Crippen MR) is 50.8 cm³/mol. The van der Waals surface area contributed by atoms with Crippen LogP contribution in [-0.4, -0.2) is 0 Å². The Morgan fingerprint density at radius 3 is 2.55 bits per heavy atom. The summed E-state index contributed by atoms with van der Waals surface area (Å²) in [6.45, 7) is 4.07. The molecule has 0 bridgehead atoms. The molecule has 1 aromatic rings. The van der Waals surface area contributed by atoms with E-state index in [0.717, 1.165) is 10.6 Å². The van der Waals surface area contributed by atoms with E-state index >= 15 is 0 Å².